The average Bonchev–Trinajstić information content (AvgIpc) is 3.27. The summed E-state index contributed by atoms with van der Waals surface area (Å²) in [7, 11) is 0. The minimum Gasteiger partial charge on any atom is -0.386 e. The number of anilines is 1. The van der Waals surface area contributed by atoms with Gasteiger partial charge in [-0.1, -0.05) is 5.16 Å². The minimum atomic E-state index is -1.31. The molecule has 2 atom stereocenters. The first-order chi connectivity index (χ1) is 12.1. The molecule has 0 fully saturated rings. The Labute approximate surface area is 144 Å². The standard InChI is InChI=1S/C18H16N4O3/c1-12-16(11-20-25-12)17(23)15(10-19)18(24)21-13-4-6-14(7-5-13)22-8-2-3-9-22/h2-9,11,15,17,23H,1H3,(H,21,24). The molecular weight excluding hydrogens is 320 g/mol. The Balaban J connectivity index is 1.72. The number of aryl methyl sites for hydroxylation is 1. The van der Waals surface area contributed by atoms with Gasteiger partial charge in [-0.3, -0.25) is 4.79 Å². The second-order valence-corrected chi connectivity index (χ2v) is 5.52. The lowest BCUT2D eigenvalue weighted by Crippen LogP contribution is -2.27. The summed E-state index contributed by atoms with van der Waals surface area (Å²) < 4.78 is 6.81. The second-order valence-electron chi connectivity index (χ2n) is 5.52. The maximum atomic E-state index is 12.4. The fourth-order valence-electron chi connectivity index (χ4n) is 2.49. The highest BCUT2D eigenvalue weighted by Crippen LogP contribution is 2.25. The average molecular weight is 336 g/mol. The maximum absolute atomic E-state index is 12.4. The normalized spacial score (nSPS) is 13.0. The van der Waals surface area contributed by atoms with E-state index in [9.17, 15) is 15.2 Å². The summed E-state index contributed by atoms with van der Waals surface area (Å²) in [5, 5.41) is 25.8. The molecule has 0 saturated carbocycles. The Morgan fingerprint density at radius 1 is 1.32 bits per heavy atom. The number of rotatable bonds is 5. The number of hydrogen-bond acceptors (Lipinski definition) is 5. The Kier molecular flexibility index (Phi) is 4.64. The molecule has 126 valence electrons. The number of aromatic nitrogens is 2. The van der Waals surface area contributed by atoms with E-state index in [1.807, 2.05) is 47.3 Å². The van der Waals surface area contributed by atoms with Crippen LogP contribution in [0.25, 0.3) is 5.69 Å². The SMILES string of the molecule is Cc1oncc1C(O)C(C#N)C(=O)Nc1ccc(-n2cccc2)cc1. The van der Waals surface area contributed by atoms with Gasteiger partial charge in [0.15, 0.2) is 5.92 Å². The summed E-state index contributed by atoms with van der Waals surface area (Å²) in [6.07, 6.45) is 3.83. The molecule has 1 amide bonds. The lowest BCUT2D eigenvalue weighted by atomic mass is 9.97. The summed E-state index contributed by atoms with van der Waals surface area (Å²) in [4.78, 5) is 12.4. The van der Waals surface area contributed by atoms with Crippen LogP contribution in [-0.2, 0) is 4.79 Å². The number of nitrogens with zero attached hydrogens (tertiary/aromatic N) is 3. The van der Waals surface area contributed by atoms with Crippen LogP contribution in [0, 0.1) is 24.2 Å². The van der Waals surface area contributed by atoms with Crippen LogP contribution in [0.2, 0.25) is 0 Å². The number of nitrogens with one attached hydrogen (secondary N) is 1. The van der Waals surface area contributed by atoms with E-state index in [-0.39, 0.29) is 0 Å². The Hall–Kier alpha value is -3.37. The zero-order valence-electron chi connectivity index (χ0n) is 13.5. The fraction of sp³-hybridized carbons (Fsp3) is 0.167. The van der Waals surface area contributed by atoms with Gasteiger partial charge in [-0.05, 0) is 43.3 Å². The third-order valence-electron chi connectivity index (χ3n) is 3.88. The van der Waals surface area contributed by atoms with Gasteiger partial charge in [-0.15, -0.1) is 0 Å². The van der Waals surface area contributed by atoms with E-state index in [0.717, 1.165) is 5.69 Å². The van der Waals surface area contributed by atoms with Crippen LogP contribution < -0.4 is 5.32 Å². The third-order valence-corrected chi connectivity index (χ3v) is 3.88. The van der Waals surface area contributed by atoms with E-state index in [4.69, 9.17) is 4.52 Å². The van der Waals surface area contributed by atoms with Crippen molar-refractivity contribution in [2.24, 2.45) is 5.92 Å². The highest BCUT2D eigenvalue weighted by Gasteiger charge is 2.30. The van der Waals surface area contributed by atoms with Gasteiger partial charge >= 0.3 is 0 Å². The smallest absolute Gasteiger partial charge is 0.244 e. The van der Waals surface area contributed by atoms with E-state index < -0.39 is 17.9 Å². The number of nitriles is 1. The van der Waals surface area contributed by atoms with Crippen molar-refractivity contribution in [1.82, 2.24) is 9.72 Å². The highest BCUT2D eigenvalue weighted by molar-refractivity contribution is 5.94. The molecule has 3 rings (SSSR count). The molecule has 0 aliphatic rings. The Morgan fingerprint density at radius 2 is 2.00 bits per heavy atom. The van der Waals surface area contributed by atoms with E-state index in [2.05, 4.69) is 10.5 Å². The third kappa shape index (κ3) is 3.44. The molecule has 7 nitrogen and oxygen atoms in total. The van der Waals surface area contributed by atoms with Crippen molar-refractivity contribution in [1.29, 1.82) is 5.26 Å². The number of carbonyl (C=O) groups excluding carboxylic acids is 1. The zero-order valence-corrected chi connectivity index (χ0v) is 13.5. The number of aliphatic hydroxyl groups excluding tert-OH is 1. The summed E-state index contributed by atoms with van der Waals surface area (Å²) >= 11 is 0. The highest BCUT2D eigenvalue weighted by atomic mass is 16.5. The predicted octanol–water partition coefficient (Wildman–Crippen LogP) is 2.59. The second kappa shape index (κ2) is 7.03. The molecule has 2 unspecified atom stereocenters. The number of benzene rings is 1. The Morgan fingerprint density at radius 3 is 2.56 bits per heavy atom. The molecule has 0 radical (unpaired) electrons. The number of hydrogen-bond donors (Lipinski definition) is 2. The molecule has 3 aromatic rings. The molecule has 25 heavy (non-hydrogen) atoms. The van der Waals surface area contributed by atoms with Crippen LogP contribution in [0.1, 0.15) is 17.4 Å². The largest absolute Gasteiger partial charge is 0.386 e. The molecule has 1 aromatic carbocycles. The first kappa shape index (κ1) is 16.5. The predicted molar refractivity (Wildman–Crippen MR) is 89.7 cm³/mol. The summed E-state index contributed by atoms with van der Waals surface area (Å²) in [5.74, 6) is -1.50. The van der Waals surface area contributed by atoms with Gasteiger partial charge in [0, 0.05) is 29.3 Å². The molecule has 0 spiro atoms. The molecule has 0 aliphatic heterocycles. The van der Waals surface area contributed by atoms with Crippen molar-refractivity contribution in [2.75, 3.05) is 5.32 Å². The molecular formula is C18H16N4O3. The van der Waals surface area contributed by atoms with Crippen molar-refractivity contribution in [3.63, 3.8) is 0 Å². The topological polar surface area (TPSA) is 104 Å². The Bertz CT molecular complexity index is 891. The minimum absolute atomic E-state index is 0.324. The van der Waals surface area contributed by atoms with E-state index in [0.29, 0.717) is 17.0 Å². The molecule has 2 N–H and O–H groups in total. The molecule has 0 saturated heterocycles. The molecule has 0 aliphatic carbocycles. The van der Waals surface area contributed by atoms with Crippen LogP contribution >= 0.6 is 0 Å². The van der Waals surface area contributed by atoms with Crippen LogP contribution in [0.4, 0.5) is 5.69 Å². The zero-order chi connectivity index (χ0) is 17.8. The van der Waals surface area contributed by atoms with Gasteiger partial charge in [-0.2, -0.15) is 5.26 Å². The summed E-state index contributed by atoms with van der Waals surface area (Å²) in [5.41, 5.74) is 1.81. The van der Waals surface area contributed by atoms with E-state index >= 15 is 0 Å². The quantitative estimate of drug-likeness (QED) is 0.745. The van der Waals surface area contributed by atoms with Crippen molar-refractivity contribution in [2.45, 2.75) is 13.0 Å². The first-order valence-electron chi connectivity index (χ1n) is 7.63. The van der Waals surface area contributed by atoms with E-state index in [1.165, 1.54) is 6.20 Å². The van der Waals surface area contributed by atoms with Gasteiger partial charge < -0.3 is 19.5 Å². The molecule has 7 heteroatoms. The monoisotopic (exact) mass is 336 g/mol. The van der Waals surface area contributed by atoms with Crippen molar-refractivity contribution in [3.05, 3.63) is 66.3 Å². The van der Waals surface area contributed by atoms with Gasteiger partial charge in [0.25, 0.3) is 0 Å². The van der Waals surface area contributed by atoms with Gasteiger partial charge in [0.2, 0.25) is 5.91 Å². The number of amides is 1. The lowest BCUT2D eigenvalue weighted by Gasteiger charge is -2.15. The van der Waals surface area contributed by atoms with Crippen molar-refractivity contribution < 1.29 is 14.4 Å². The van der Waals surface area contributed by atoms with Crippen molar-refractivity contribution in [3.8, 4) is 11.8 Å². The van der Waals surface area contributed by atoms with Crippen LogP contribution in [0.15, 0.2) is 59.5 Å². The van der Waals surface area contributed by atoms with Gasteiger partial charge in [0.1, 0.15) is 11.9 Å². The summed E-state index contributed by atoms with van der Waals surface area (Å²) in [6, 6.07) is 12.8. The van der Waals surface area contributed by atoms with Crippen LogP contribution in [0.5, 0.6) is 0 Å². The lowest BCUT2D eigenvalue weighted by molar-refractivity contribution is -0.121. The van der Waals surface area contributed by atoms with Gasteiger partial charge in [-0.25, -0.2) is 0 Å². The summed E-state index contributed by atoms with van der Waals surface area (Å²) in [6.45, 7) is 1.61. The molecule has 2 aromatic heterocycles. The van der Waals surface area contributed by atoms with E-state index in [1.54, 1.807) is 19.1 Å². The van der Waals surface area contributed by atoms with Crippen molar-refractivity contribution >= 4 is 11.6 Å². The number of carbonyl (C=O) groups is 1. The van der Waals surface area contributed by atoms with Gasteiger partial charge in [0.05, 0.1) is 12.3 Å². The number of aliphatic hydroxyl groups is 1. The van der Waals surface area contributed by atoms with Crippen LogP contribution in [0.3, 0.4) is 0 Å². The first-order valence-corrected chi connectivity index (χ1v) is 7.63. The molecule has 2 heterocycles. The molecule has 0 bridgehead atoms. The maximum Gasteiger partial charge on any atom is 0.244 e. The fourth-order valence-corrected chi connectivity index (χ4v) is 2.49. The van der Waals surface area contributed by atoms with Crippen LogP contribution in [-0.4, -0.2) is 20.7 Å².